The molecule has 1 fully saturated rings. The summed E-state index contributed by atoms with van der Waals surface area (Å²) in [5.41, 5.74) is 0. The van der Waals surface area contributed by atoms with E-state index < -0.39 is 32.7 Å². The highest BCUT2D eigenvalue weighted by atomic mass is 32.2. The zero-order valence-corrected chi connectivity index (χ0v) is 14.0. The molecule has 0 saturated carbocycles. The third-order valence-electron chi connectivity index (χ3n) is 3.94. The van der Waals surface area contributed by atoms with Gasteiger partial charge in [-0.1, -0.05) is 12.1 Å². The average molecular weight is 343 g/mol. The SMILES string of the molecule is CC(NS(=O)(=O)c1ccccc1F)C(=O)NC1CCCNC1C. The van der Waals surface area contributed by atoms with Gasteiger partial charge in [-0.3, -0.25) is 4.79 Å². The van der Waals surface area contributed by atoms with Gasteiger partial charge >= 0.3 is 0 Å². The molecule has 1 heterocycles. The summed E-state index contributed by atoms with van der Waals surface area (Å²) in [5, 5.41) is 6.09. The Morgan fingerprint density at radius 3 is 2.74 bits per heavy atom. The number of rotatable bonds is 5. The van der Waals surface area contributed by atoms with Gasteiger partial charge in [0.05, 0.1) is 6.04 Å². The van der Waals surface area contributed by atoms with Crippen LogP contribution in [0.5, 0.6) is 0 Å². The summed E-state index contributed by atoms with van der Waals surface area (Å²) < 4.78 is 40.2. The van der Waals surface area contributed by atoms with Crippen LogP contribution in [0.4, 0.5) is 4.39 Å². The number of piperidine rings is 1. The van der Waals surface area contributed by atoms with Crippen molar-refractivity contribution in [2.24, 2.45) is 0 Å². The summed E-state index contributed by atoms with van der Waals surface area (Å²) >= 11 is 0. The summed E-state index contributed by atoms with van der Waals surface area (Å²) in [6, 6.07) is 4.15. The van der Waals surface area contributed by atoms with E-state index in [-0.39, 0.29) is 12.1 Å². The molecule has 23 heavy (non-hydrogen) atoms. The molecule has 0 bridgehead atoms. The van der Waals surface area contributed by atoms with Gasteiger partial charge in [0.15, 0.2) is 0 Å². The Balaban J connectivity index is 2.01. The zero-order valence-electron chi connectivity index (χ0n) is 13.2. The van der Waals surface area contributed by atoms with Crippen molar-refractivity contribution in [2.45, 2.75) is 49.7 Å². The van der Waals surface area contributed by atoms with E-state index in [0.717, 1.165) is 31.5 Å². The normalized spacial score (nSPS) is 23.3. The number of benzene rings is 1. The summed E-state index contributed by atoms with van der Waals surface area (Å²) in [7, 11) is -4.09. The molecular formula is C15H22FN3O3S. The molecule has 0 aromatic heterocycles. The van der Waals surface area contributed by atoms with Gasteiger partial charge in [-0.15, -0.1) is 0 Å². The molecule has 0 aliphatic carbocycles. The molecule has 3 N–H and O–H groups in total. The van der Waals surface area contributed by atoms with Crippen LogP contribution in [0.3, 0.4) is 0 Å². The smallest absolute Gasteiger partial charge is 0.244 e. The van der Waals surface area contributed by atoms with E-state index in [0.29, 0.717) is 0 Å². The van der Waals surface area contributed by atoms with Gasteiger partial charge in [0, 0.05) is 12.1 Å². The van der Waals surface area contributed by atoms with Crippen LogP contribution in [0.2, 0.25) is 0 Å². The summed E-state index contributed by atoms with van der Waals surface area (Å²) in [6.07, 6.45) is 1.79. The van der Waals surface area contributed by atoms with Crippen molar-refractivity contribution >= 4 is 15.9 Å². The standard InChI is InChI=1S/C15H22FN3O3S/c1-10-13(7-5-9-17-10)18-15(20)11(2)19-23(21,22)14-8-4-3-6-12(14)16/h3-4,6,8,10-11,13,17,19H,5,7,9H2,1-2H3,(H,18,20). The quantitative estimate of drug-likeness (QED) is 0.736. The van der Waals surface area contributed by atoms with E-state index in [1.807, 2.05) is 6.92 Å². The molecule has 8 heteroatoms. The highest BCUT2D eigenvalue weighted by molar-refractivity contribution is 7.89. The Morgan fingerprint density at radius 2 is 2.09 bits per heavy atom. The number of carbonyl (C=O) groups is 1. The molecular weight excluding hydrogens is 321 g/mol. The number of sulfonamides is 1. The van der Waals surface area contributed by atoms with Crippen molar-refractivity contribution in [1.29, 1.82) is 0 Å². The number of hydrogen-bond donors (Lipinski definition) is 3. The van der Waals surface area contributed by atoms with Crippen LogP contribution in [0.15, 0.2) is 29.2 Å². The van der Waals surface area contributed by atoms with Gasteiger partial charge in [-0.05, 0) is 45.4 Å². The van der Waals surface area contributed by atoms with Crippen molar-refractivity contribution in [2.75, 3.05) is 6.54 Å². The second kappa shape index (κ2) is 7.37. The third-order valence-corrected chi connectivity index (χ3v) is 5.51. The van der Waals surface area contributed by atoms with Gasteiger partial charge in [-0.2, -0.15) is 4.72 Å². The average Bonchev–Trinajstić information content (AvgIpc) is 2.49. The predicted molar refractivity (Wildman–Crippen MR) is 84.8 cm³/mol. The molecule has 1 aliphatic heterocycles. The number of carbonyl (C=O) groups excluding carboxylic acids is 1. The zero-order chi connectivity index (χ0) is 17.0. The molecule has 6 nitrogen and oxygen atoms in total. The Kier molecular flexibility index (Phi) is 5.72. The van der Waals surface area contributed by atoms with Gasteiger partial charge < -0.3 is 10.6 Å². The van der Waals surface area contributed by atoms with Crippen molar-refractivity contribution in [3.8, 4) is 0 Å². The van der Waals surface area contributed by atoms with E-state index >= 15 is 0 Å². The van der Waals surface area contributed by atoms with Crippen LogP contribution in [-0.4, -0.2) is 39.0 Å². The van der Waals surface area contributed by atoms with Crippen LogP contribution in [0, 0.1) is 5.82 Å². The van der Waals surface area contributed by atoms with Gasteiger partial charge in [-0.25, -0.2) is 12.8 Å². The molecule has 1 aliphatic rings. The molecule has 3 atom stereocenters. The first-order valence-electron chi connectivity index (χ1n) is 7.62. The second-order valence-electron chi connectivity index (χ2n) is 5.77. The monoisotopic (exact) mass is 343 g/mol. The van der Waals surface area contributed by atoms with Crippen LogP contribution in [0.1, 0.15) is 26.7 Å². The molecule has 3 unspecified atom stereocenters. The van der Waals surface area contributed by atoms with Gasteiger partial charge in [0.25, 0.3) is 0 Å². The fraction of sp³-hybridized carbons (Fsp3) is 0.533. The lowest BCUT2D eigenvalue weighted by Gasteiger charge is -2.31. The maximum Gasteiger partial charge on any atom is 0.244 e. The fourth-order valence-corrected chi connectivity index (χ4v) is 3.84. The van der Waals surface area contributed by atoms with E-state index in [4.69, 9.17) is 0 Å². The summed E-state index contributed by atoms with van der Waals surface area (Å²) in [4.78, 5) is 11.7. The Bertz CT molecular complexity index is 666. The highest BCUT2D eigenvalue weighted by Crippen LogP contribution is 2.14. The predicted octanol–water partition coefficient (Wildman–Crippen LogP) is 0.749. The van der Waals surface area contributed by atoms with Crippen molar-refractivity contribution in [1.82, 2.24) is 15.4 Å². The fourth-order valence-electron chi connectivity index (χ4n) is 2.56. The Hall–Kier alpha value is -1.51. The Labute approximate surface area is 135 Å². The summed E-state index contributed by atoms with van der Waals surface area (Å²) in [5.74, 6) is -1.27. The summed E-state index contributed by atoms with van der Waals surface area (Å²) in [6.45, 7) is 4.32. The van der Waals surface area contributed by atoms with Gasteiger partial charge in [0.2, 0.25) is 15.9 Å². The van der Waals surface area contributed by atoms with Crippen LogP contribution in [-0.2, 0) is 14.8 Å². The van der Waals surface area contributed by atoms with Crippen molar-refractivity contribution < 1.29 is 17.6 Å². The number of halogens is 1. The molecule has 0 spiro atoms. The van der Waals surface area contributed by atoms with Crippen LogP contribution >= 0.6 is 0 Å². The molecule has 0 radical (unpaired) electrons. The lowest BCUT2D eigenvalue weighted by molar-refractivity contribution is -0.123. The van der Waals surface area contributed by atoms with Crippen molar-refractivity contribution in [3.05, 3.63) is 30.1 Å². The second-order valence-corrected chi connectivity index (χ2v) is 7.46. The molecule has 1 amide bonds. The van der Waals surface area contributed by atoms with Crippen LogP contribution < -0.4 is 15.4 Å². The number of amides is 1. The number of nitrogens with one attached hydrogen (secondary N) is 3. The van der Waals surface area contributed by atoms with E-state index in [1.54, 1.807) is 0 Å². The number of hydrogen-bond acceptors (Lipinski definition) is 4. The minimum absolute atomic E-state index is 0.0448. The Morgan fingerprint density at radius 1 is 1.39 bits per heavy atom. The highest BCUT2D eigenvalue weighted by Gasteiger charge is 2.28. The minimum Gasteiger partial charge on any atom is -0.350 e. The molecule has 1 aromatic carbocycles. The lowest BCUT2D eigenvalue weighted by Crippen LogP contribution is -2.55. The molecule has 1 aromatic rings. The first kappa shape index (κ1) is 17.8. The molecule has 128 valence electrons. The largest absolute Gasteiger partial charge is 0.350 e. The first-order chi connectivity index (χ1) is 10.8. The minimum atomic E-state index is -4.09. The molecule has 1 saturated heterocycles. The first-order valence-corrected chi connectivity index (χ1v) is 9.10. The maximum absolute atomic E-state index is 13.6. The van der Waals surface area contributed by atoms with E-state index in [9.17, 15) is 17.6 Å². The maximum atomic E-state index is 13.6. The van der Waals surface area contributed by atoms with Crippen LogP contribution in [0.25, 0.3) is 0 Å². The third kappa shape index (κ3) is 4.49. The van der Waals surface area contributed by atoms with Gasteiger partial charge in [0.1, 0.15) is 10.7 Å². The molecule has 2 rings (SSSR count). The lowest BCUT2D eigenvalue weighted by atomic mass is 9.99. The van der Waals surface area contributed by atoms with Crippen molar-refractivity contribution in [3.63, 3.8) is 0 Å². The van der Waals surface area contributed by atoms with E-state index in [1.165, 1.54) is 19.1 Å². The topological polar surface area (TPSA) is 87.3 Å². The van der Waals surface area contributed by atoms with E-state index in [2.05, 4.69) is 15.4 Å².